The maximum absolute atomic E-state index is 13.4. The number of aliphatic imine (C=N–C) groups is 1. The first-order chi connectivity index (χ1) is 12.3. The van der Waals surface area contributed by atoms with Gasteiger partial charge in [0.2, 0.25) is 0 Å². The molecule has 0 radical (unpaired) electrons. The molecule has 0 saturated carbocycles. The number of guanidine groups is 1. The lowest BCUT2D eigenvalue weighted by atomic mass is 10.1. The van der Waals surface area contributed by atoms with E-state index in [1.807, 2.05) is 0 Å². The summed E-state index contributed by atoms with van der Waals surface area (Å²) < 4.78 is 26.9. The second kappa shape index (κ2) is 6.97. The quantitative estimate of drug-likeness (QED) is 0.781. The van der Waals surface area contributed by atoms with Crippen LogP contribution in [0, 0.1) is 11.6 Å². The topological polar surface area (TPSA) is 84.7 Å². The van der Waals surface area contributed by atoms with E-state index in [2.05, 4.69) is 4.99 Å². The van der Waals surface area contributed by atoms with Crippen LogP contribution in [0.1, 0.15) is 22.7 Å². The minimum Gasteiger partial charge on any atom is -0.389 e. The van der Waals surface area contributed by atoms with E-state index in [1.165, 1.54) is 4.90 Å². The minimum absolute atomic E-state index is 0.0449. The molecule has 4 N–H and O–H groups in total. The van der Waals surface area contributed by atoms with Gasteiger partial charge in [-0.15, -0.1) is 0 Å². The van der Waals surface area contributed by atoms with Crippen LogP contribution in [0.4, 0.5) is 8.78 Å². The van der Waals surface area contributed by atoms with Crippen molar-refractivity contribution >= 4 is 40.7 Å². The van der Waals surface area contributed by atoms with Crippen LogP contribution in [-0.2, 0) is 11.3 Å². The van der Waals surface area contributed by atoms with Crippen LogP contribution in [0.3, 0.4) is 0 Å². The number of hydrogen-bond acceptors (Lipinski definition) is 4. The largest absolute Gasteiger partial charge is 0.389 e. The van der Waals surface area contributed by atoms with Gasteiger partial charge >= 0.3 is 0 Å². The van der Waals surface area contributed by atoms with Gasteiger partial charge < -0.3 is 11.5 Å². The first-order valence-corrected chi connectivity index (χ1v) is 8.23. The predicted octanol–water partition coefficient (Wildman–Crippen LogP) is 2.65. The van der Waals surface area contributed by atoms with Crippen molar-refractivity contribution in [1.29, 1.82) is 0 Å². The Balaban J connectivity index is 1.87. The molecule has 1 atom stereocenters. The van der Waals surface area contributed by atoms with E-state index in [0.29, 0.717) is 16.1 Å². The number of amides is 1. The summed E-state index contributed by atoms with van der Waals surface area (Å²) in [4.78, 5) is 18.0. The number of benzene rings is 2. The molecule has 1 amide bonds. The van der Waals surface area contributed by atoms with Crippen LogP contribution in [-0.4, -0.2) is 21.8 Å². The fraction of sp³-hybridized carbons (Fsp3) is 0.118. The molecule has 0 saturated heterocycles. The summed E-state index contributed by atoms with van der Waals surface area (Å²) in [5, 5.41) is 0.392. The minimum atomic E-state index is -1.09. The molecular weight excluding hydrogens is 382 g/mol. The average Bonchev–Trinajstić information content (AvgIpc) is 2.83. The monoisotopic (exact) mass is 394 g/mol. The highest BCUT2D eigenvalue weighted by atomic mass is 35.5. The zero-order chi connectivity index (χ0) is 19.0. The van der Waals surface area contributed by atoms with Crippen molar-refractivity contribution in [3.05, 3.63) is 69.7 Å². The summed E-state index contributed by atoms with van der Waals surface area (Å²) in [5.41, 5.74) is 12.7. The lowest BCUT2D eigenvalue weighted by Gasteiger charge is -2.18. The number of rotatable bonds is 4. The van der Waals surface area contributed by atoms with E-state index in [4.69, 9.17) is 35.3 Å². The fourth-order valence-corrected chi connectivity index (χ4v) is 3.11. The molecule has 9 heteroatoms. The molecule has 1 aliphatic heterocycles. The second-order valence-corrected chi connectivity index (χ2v) is 6.54. The van der Waals surface area contributed by atoms with Crippen LogP contribution >= 0.6 is 23.8 Å². The van der Waals surface area contributed by atoms with Crippen LogP contribution < -0.4 is 11.5 Å². The fourth-order valence-electron chi connectivity index (χ4n) is 2.67. The van der Waals surface area contributed by atoms with E-state index >= 15 is 0 Å². The third-order valence-electron chi connectivity index (χ3n) is 3.88. The third kappa shape index (κ3) is 3.51. The summed E-state index contributed by atoms with van der Waals surface area (Å²) in [6, 6.07) is 6.69. The number of nitrogens with zero attached hydrogens (tertiary/aromatic N) is 2. The Bertz CT molecular complexity index is 930. The van der Waals surface area contributed by atoms with Crippen molar-refractivity contribution in [2.24, 2.45) is 16.5 Å². The smallest absolute Gasteiger partial charge is 0.259 e. The second-order valence-electron chi connectivity index (χ2n) is 5.70. The molecular formula is C17H13ClF2N4OS. The summed E-state index contributed by atoms with van der Waals surface area (Å²) in [6.45, 7) is 0.0925. The number of thiocarbonyl (C=S) groups is 1. The SMILES string of the molecule is NC(=S)c1cc(CN2C(=O)C(c3cc(F)cc(F)c3)N=C2N)ccc1Cl. The Labute approximate surface area is 158 Å². The molecule has 0 fully saturated rings. The zero-order valence-corrected chi connectivity index (χ0v) is 14.8. The first kappa shape index (κ1) is 18.2. The Morgan fingerprint density at radius 2 is 1.88 bits per heavy atom. The van der Waals surface area contributed by atoms with E-state index in [1.54, 1.807) is 18.2 Å². The van der Waals surface area contributed by atoms with Crippen LogP contribution in [0.25, 0.3) is 0 Å². The number of hydrogen-bond donors (Lipinski definition) is 2. The molecule has 5 nitrogen and oxygen atoms in total. The Kier molecular flexibility index (Phi) is 4.88. The number of nitrogens with two attached hydrogens (primary N) is 2. The lowest BCUT2D eigenvalue weighted by molar-refractivity contribution is -0.127. The van der Waals surface area contributed by atoms with Gasteiger partial charge in [-0.3, -0.25) is 9.69 Å². The van der Waals surface area contributed by atoms with Gasteiger partial charge in [0.1, 0.15) is 16.6 Å². The van der Waals surface area contributed by atoms with Crippen molar-refractivity contribution in [3.8, 4) is 0 Å². The summed E-state index contributed by atoms with van der Waals surface area (Å²) in [7, 11) is 0. The van der Waals surface area contributed by atoms with Crippen LogP contribution in [0.5, 0.6) is 0 Å². The van der Waals surface area contributed by atoms with Gasteiger partial charge in [-0.1, -0.05) is 29.9 Å². The molecule has 3 rings (SSSR count). The standard InChI is InChI=1S/C17H13ClF2N4OS/c18-13-2-1-8(3-12(13)15(21)26)7-24-16(25)14(23-17(24)22)9-4-10(19)6-11(20)5-9/h1-6,14H,7H2,(H2,21,26)(H2,22,23). The third-order valence-corrected chi connectivity index (χ3v) is 4.42. The van der Waals surface area contributed by atoms with Gasteiger partial charge in [0.25, 0.3) is 5.91 Å². The normalized spacial score (nSPS) is 16.7. The molecule has 2 aromatic rings. The van der Waals surface area contributed by atoms with E-state index in [9.17, 15) is 13.6 Å². The molecule has 134 valence electrons. The average molecular weight is 395 g/mol. The van der Waals surface area contributed by atoms with Gasteiger partial charge in [0.15, 0.2) is 12.0 Å². The Morgan fingerprint density at radius 1 is 1.23 bits per heavy atom. The van der Waals surface area contributed by atoms with Crippen LogP contribution in [0.15, 0.2) is 41.4 Å². The summed E-state index contributed by atoms with van der Waals surface area (Å²) >= 11 is 11.0. The number of carbonyl (C=O) groups excluding carboxylic acids is 1. The lowest BCUT2D eigenvalue weighted by Crippen LogP contribution is -2.37. The van der Waals surface area contributed by atoms with Crippen molar-refractivity contribution in [3.63, 3.8) is 0 Å². The molecule has 0 bridgehead atoms. The van der Waals surface area contributed by atoms with Crippen molar-refractivity contribution in [1.82, 2.24) is 4.90 Å². The Hall–Kier alpha value is -2.58. The molecule has 26 heavy (non-hydrogen) atoms. The molecule has 1 unspecified atom stereocenters. The predicted molar refractivity (Wildman–Crippen MR) is 98.6 cm³/mol. The van der Waals surface area contributed by atoms with Crippen molar-refractivity contribution in [2.75, 3.05) is 0 Å². The highest BCUT2D eigenvalue weighted by molar-refractivity contribution is 7.80. The number of halogens is 3. The van der Waals surface area contributed by atoms with Gasteiger partial charge in [0, 0.05) is 11.6 Å². The van der Waals surface area contributed by atoms with Gasteiger partial charge in [-0.2, -0.15) is 0 Å². The van der Waals surface area contributed by atoms with E-state index < -0.39 is 23.6 Å². The van der Waals surface area contributed by atoms with Gasteiger partial charge in [-0.25, -0.2) is 13.8 Å². The highest BCUT2D eigenvalue weighted by Crippen LogP contribution is 2.28. The maximum Gasteiger partial charge on any atom is 0.259 e. The Morgan fingerprint density at radius 3 is 2.50 bits per heavy atom. The molecule has 2 aromatic carbocycles. The summed E-state index contributed by atoms with van der Waals surface area (Å²) in [6.07, 6.45) is 0. The molecule has 0 aliphatic carbocycles. The van der Waals surface area contributed by atoms with Crippen molar-refractivity contribution in [2.45, 2.75) is 12.6 Å². The zero-order valence-electron chi connectivity index (χ0n) is 13.2. The van der Waals surface area contributed by atoms with Gasteiger partial charge in [-0.05, 0) is 35.4 Å². The first-order valence-electron chi connectivity index (χ1n) is 7.45. The maximum atomic E-state index is 13.4. The molecule has 1 aliphatic rings. The highest BCUT2D eigenvalue weighted by Gasteiger charge is 2.35. The molecule has 0 spiro atoms. The van der Waals surface area contributed by atoms with Gasteiger partial charge in [0.05, 0.1) is 11.6 Å². The summed E-state index contributed by atoms with van der Waals surface area (Å²) in [5.74, 6) is -2.12. The van der Waals surface area contributed by atoms with Crippen molar-refractivity contribution < 1.29 is 13.6 Å². The van der Waals surface area contributed by atoms with E-state index in [0.717, 1.165) is 18.2 Å². The molecule has 1 heterocycles. The number of carbonyl (C=O) groups is 1. The molecule has 0 aromatic heterocycles. The van der Waals surface area contributed by atoms with Crippen LogP contribution in [0.2, 0.25) is 5.02 Å². The van der Waals surface area contributed by atoms with E-state index in [-0.39, 0.29) is 23.1 Å².